The molecular weight excluding hydrogens is 312 g/mol. The van der Waals surface area contributed by atoms with Gasteiger partial charge in [0.1, 0.15) is 0 Å². The number of aliphatic hydroxyl groups excluding tert-OH is 1. The SMILES string of the molecule is C[C@H](O)c1cc([N+](=O)[O-])c(N(C)Cc2ccccc2Cl)s1. The number of nitro groups is 1. The van der Waals surface area contributed by atoms with Crippen LogP contribution in [0, 0.1) is 10.1 Å². The quantitative estimate of drug-likeness (QED) is 0.666. The van der Waals surface area contributed by atoms with Gasteiger partial charge in [-0.15, -0.1) is 11.3 Å². The van der Waals surface area contributed by atoms with Crippen molar-refractivity contribution in [3.05, 3.63) is 55.9 Å². The van der Waals surface area contributed by atoms with Crippen molar-refractivity contribution in [1.29, 1.82) is 0 Å². The van der Waals surface area contributed by atoms with Crippen LogP contribution in [-0.4, -0.2) is 17.1 Å². The molecule has 21 heavy (non-hydrogen) atoms. The second-order valence-electron chi connectivity index (χ2n) is 4.72. The highest BCUT2D eigenvalue weighted by molar-refractivity contribution is 7.16. The number of anilines is 1. The molecule has 112 valence electrons. The van der Waals surface area contributed by atoms with Gasteiger partial charge in [-0.25, -0.2) is 0 Å². The zero-order chi connectivity index (χ0) is 15.6. The molecule has 2 rings (SSSR count). The second-order valence-corrected chi connectivity index (χ2v) is 6.19. The summed E-state index contributed by atoms with van der Waals surface area (Å²) in [6.45, 7) is 2.05. The number of halogens is 1. The molecule has 0 radical (unpaired) electrons. The highest BCUT2D eigenvalue weighted by Crippen LogP contribution is 2.40. The van der Waals surface area contributed by atoms with Crippen LogP contribution in [0.25, 0.3) is 0 Å². The lowest BCUT2D eigenvalue weighted by Gasteiger charge is -2.17. The lowest BCUT2D eigenvalue weighted by molar-refractivity contribution is -0.383. The van der Waals surface area contributed by atoms with Crippen LogP contribution >= 0.6 is 22.9 Å². The van der Waals surface area contributed by atoms with Crippen molar-refractivity contribution >= 4 is 33.6 Å². The Bertz CT molecular complexity index is 657. The van der Waals surface area contributed by atoms with Crippen LogP contribution in [0.5, 0.6) is 0 Å². The van der Waals surface area contributed by atoms with Gasteiger partial charge in [-0.2, -0.15) is 0 Å². The minimum Gasteiger partial charge on any atom is -0.388 e. The summed E-state index contributed by atoms with van der Waals surface area (Å²) in [5.41, 5.74) is 0.897. The first-order valence-electron chi connectivity index (χ1n) is 6.31. The normalized spacial score (nSPS) is 12.2. The number of nitrogens with zero attached hydrogens (tertiary/aromatic N) is 2. The lowest BCUT2D eigenvalue weighted by atomic mass is 10.2. The minimum absolute atomic E-state index is 0.00505. The van der Waals surface area contributed by atoms with Gasteiger partial charge in [0.05, 0.1) is 11.0 Å². The van der Waals surface area contributed by atoms with Crippen LogP contribution in [0.4, 0.5) is 10.7 Å². The smallest absolute Gasteiger partial charge is 0.304 e. The zero-order valence-corrected chi connectivity index (χ0v) is 13.2. The van der Waals surface area contributed by atoms with E-state index in [4.69, 9.17) is 11.6 Å². The number of aliphatic hydroxyl groups is 1. The molecule has 0 aliphatic heterocycles. The summed E-state index contributed by atoms with van der Waals surface area (Å²) in [7, 11) is 1.77. The van der Waals surface area contributed by atoms with Crippen LogP contribution in [-0.2, 0) is 6.54 Å². The molecule has 0 aliphatic rings. The summed E-state index contributed by atoms with van der Waals surface area (Å²) in [6, 6.07) is 8.81. The van der Waals surface area contributed by atoms with Gasteiger partial charge in [0.15, 0.2) is 5.00 Å². The first-order valence-corrected chi connectivity index (χ1v) is 7.50. The lowest BCUT2D eigenvalue weighted by Crippen LogP contribution is -2.16. The minimum atomic E-state index is -0.726. The first kappa shape index (κ1) is 15.8. The van der Waals surface area contributed by atoms with Gasteiger partial charge in [-0.1, -0.05) is 29.8 Å². The number of benzene rings is 1. The second kappa shape index (κ2) is 6.43. The van der Waals surface area contributed by atoms with Gasteiger partial charge < -0.3 is 10.0 Å². The zero-order valence-electron chi connectivity index (χ0n) is 11.6. The molecule has 5 nitrogen and oxygen atoms in total. The van der Waals surface area contributed by atoms with E-state index in [2.05, 4.69) is 0 Å². The van der Waals surface area contributed by atoms with Crippen molar-refractivity contribution in [3.8, 4) is 0 Å². The summed E-state index contributed by atoms with van der Waals surface area (Å²) < 4.78 is 0. The molecular formula is C14H15ClN2O3S. The van der Waals surface area contributed by atoms with E-state index in [1.165, 1.54) is 17.4 Å². The fraction of sp³-hybridized carbons (Fsp3) is 0.286. The van der Waals surface area contributed by atoms with Crippen molar-refractivity contribution in [1.82, 2.24) is 0 Å². The summed E-state index contributed by atoms with van der Waals surface area (Å²) in [4.78, 5) is 13.1. The molecule has 1 N–H and O–H groups in total. The molecule has 7 heteroatoms. The number of hydrogen-bond acceptors (Lipinski definition) is 5. The topological polar surface area (TPSA) is 66.6 Å². The molecule has 1 aromatic heterocycles. The van der Waals surface area contributed by atoms with Crippen molar-refractivity contribution in [2.75, 3.05) is 11.9 Å². The molecule has 1 heterocycles. The molecule has 0 amide bonds. The Labute approximate surface area is 131 Å². The first-order chi connectivity index (χ1) is 9.90. The van der Waals surface area contributed by atoms with Gasteiger partial charge in [0.25, 0.3) is 0 Å². The molecule has 0 unspecified atom stereocenters. The maximum absolute atomic E-state index is 11.2. The summed E-state index contributed by atoms with van der Waals surface area (Å²) in [5, 5.41) is 21.9. The highest BCUT2D eigenvalue weighted by atomic mass is 35.5. The van der Waals surface area contributed by atoms with Crippen LogP contribution < -0.4 is 4.90 Å². The average Bonchev–Trinajstić information content (AvgIpc) is 2.87. The van der Waals surface area contributed by atoms with Gasteiger partial charge in [0, 0.05) is 29.6 Å². The molecule has 1 aromatic carbocycles. The molecule has 0 fully saturated rings. The fourth-order valence-electron chi connectivity index (χ4n) is 1.95. The Hall–Kier alpha value is -1.63. The third-order valence-corrected chi connectivity index (χ3v) is 4.81. The largest absolute Gasteiger partial charge is 0.388 e. The highest BCUT2D eigenvalue weighted by Gasteiger charge is 2.24. The monoisotopic (exact) mass is 326 g/mol. The molecule has 0 saturated carbocycles. The number of hydrogen-bond donors (Lipinski definition) is 1. The molecule has 0 bridgehead atoms. The van der Waals surface area contributed by atoms with E-state index in [-0.39, 0.29) is 5.69 Å². The summed E-state index contributed by atoms with van der Waals surface area (Å²) >= 11 is 7.34. The summed E-state index contributed by atoms with van der Waals surface area (Å²) in [6.07, 6.45) is -0.726. The van der Waals surface area contributed by atoms with E-state index in [9.17, 15) is 15.2 Å². The predicted molar refractivity (Wildman–Crippen MR) is 85.2 cm³/mol. The Morgan fingerprint density at radius 2 is 2.14 bits per heavy atom. The van der Waals surface area contributed by atoms with Crippen LogP contribution in [0.3, 0.4) is 0 Å². The Morgan fingerprint density at radius 1 is 1.48 bits per heavy atom. The number of rotatable bonds is 5. The summed E-state index contributed by atoms with van der Waals surface area (Å²) in [5.74, 6) is 0. The van der Waals surface area contributed by atoms with E-state index >= 15 is 0 Å². The van der Waals surface area contributed by atoms with E-state index in [0.29, 0.717) is 21.4 Å². The van der Waals surface area contributed by atoms with Crippen molar-refractivity contribution in [2.45, 2.75) is 19.6 Å². The molecule has 0 saturated heterocycles. The Balaban J connectivity index is 2.32. The Morgan fingerprint density at radius 3 is 2.71 bits per heavy atom. The standard InChI is InChI=1S/C14H15ClN2O3S/c1-9(18)13-7-12(17(19)20)14(21-13)16(2)8-10-5-3-4-6-11(10)15/h3-7,9,18H,8H2,1-2H3/t9-/m0/s1. The molecule has 1 atom stereocenters. The van der Waals surface area contributed by atoms with Crippen molar-refractivity contribution in [2.24, 2.45) is 0 Å². The van der Waals surface area contributed by atoms with Crippen molar-refractivity contribution < 1.29 is 10.0 Å². The van der Waals surface area contributed by atoms with E-state index in [1.807, 2.05) is 18.2 Å². The van der Waals surface area contributed by atoms with Gasteiger partial charge in [-0.3, -0.25) is 10.1 Å². The maximum atomic E-state index is 11.2. The predicted octanol–water partition coefficient (Wildman–Crippen LogP) is 4.00. The van der Waals surface area contributed by atoms with Crippen LogP contribution in [0.1, 0.15) is 23.5 Å². The fourth-order valence-corrected chi connectivity index (χ4v) is 3.17. The third kappa shape index (κ3) is 3.53. The van der Waals surface area contributed by atoms with Crippen LogP contribution in [0.15, 0.2) is 30.3 Å². The molecule has 2 aromatic rings. The van der Waals surface area contributed by atoms with Gasteiger partial charge in [0.2, 0.25) is 0 Å². The maximum Gasteiger partial charge on any atom is 0.304 e. The molecule has 0 aliphatic carbocycles. The van der Waals surface area contributed by atoms with Crippen LogP contribution in [0.2, 0.25) is 5.02 Å². The van der Waals surface area contributed by atoms with Crippen molar-refractivity contribution in [3.63, 3.8) is 0 Å². The Kier molecular flexibility index (Phi) is 4.82. The van der Waals surface area contributed by atoms with E-state index in [1.54, 1.807) is 24.9 Å². The van der Waals surface area contributed by atoms with E-state index < -0.39 is 11.0 Å². The number of thiophene rings is 1. The average molecular weight is 327 g/mol. The van der Waals surface area contributed by atoms with Gasteiger partial charge in [-0.05, 0) is 18.6 Å². The third-order valence-electron chi connectivity index (χ3n) is 3.03. The molecule has 0 spiro atoms. The van der Waals surface area contributed by atoms with E-state index in [0.717, 1.165) is 5.56 Å². The van der Waals surface area contributed by atoms with Gasteiger partial charge >= 0.3 is 5.69 Å².